The van der Waals surface area contributed by atoms with Crippen LogP contribution in [0.2, 0.25) is 0 Å². The Hall–Kier alpha value is -1.16. The van der Waals surface area contributed by atoms with E-state index in [4.69, 9.17) is 12.2 Å². The molecule has 0 bridgehead atoms. The summed E-state index contributed by atoms with van der Waals surface area (Å²) in [5.74, 6) is 0.400. The molecule has 0 aliphatic rings. The smallest absolute Gasteiger partial charge is 0.166 e. The van der Waals surface area contributed by atoms with Gasteiger partial charge in [-0.15, -0.1) is 0 Å². The lowest BCUT2D eigenvalue weighted by atomic mass is 10.1. The fourth-order valence-corrected chi connectivity index (χ4v) is 1.56. The highest BCUT2D eigenvalue weighted by atomic mass is 32.1. The molecule has 17 heavy (non-hydrogen) atoms. The van der Waals surface area contributed by atoms with Gasteiger partial charge in [0.15, 0.2) is 5.11 Å². The number of rotatable bonds is 5. The number of benzene rings is 1. The largest absolute Gasteiger partial charge is 0.362 e. The van der Waals surface area contributed by atoms with Gasteiger partial charge in [0.2, 0.25) is 0 Å². The molecule has 94 valence electrons. The third-order valence-electron chi connectivity index (χ3n) is 2.31. The zero-order valence-electron chi connectivity index (χ0n) is 10.3. The van der Waals surface area contributed by atoms with Gasteiger partial charge in [0.05, 0.1) is 0 Å². The SMILES string of the molecule is CC(C)CNC(=S)NCCc1ccccc1F. The van der Waals surface area contributed by atoms with Crippen LogP contribution in [0.1, 0.15) is 19.4 Å². The van der Waals surface area contributed by atoms with Crippen molar-refractivity contribution < 1.29 is 4.39 Å². The van der Waals surface area contributed by atoms with E-state index in [2.05, 4.69) is 24.5 Å². The van der Waals surface area contributed by atoms with Gasteiger partial charge in [-0.2, -0.15) is 0 Å². The molecule has 0 spiro atoms. The summed E-state index contributed by atoms with van der Waals surface area (Å²) in [5.41, 5.74) is 0.714. The van der Waals surface area contributed by atoms with Gasteiger partial charge in [-0.1, -0.05) is 32.0 Å². The van der Waals surface area contributed by atoms with Gasteiger partial charge in [0.25, 0.3) is 0 Å². The van der Waals surface area contributed by atoms with Crippen molar-refractivity contribution in [3.05, 3.63) is 35.6 Å². The number of hydrogen-bond donors (Lipinski definition) is 2. The van der Waals surface area contributed by atoms with Crippen LogP contribution in [0.5, 0.6) is 0 Å². The normalized spacial score (nSPS) is 10.4. The van der Waals surface area contributed by atoms with Crippen LogP contribution in [0.3, 0.4) is 0 Å². The number of hydrogen-bond acceptors (Lipinski definition) is 1. The van der Waals surface area contributed by atoms with Crippen LogP contribution in [-0.2, 0) is 6.42 Å². The molecule has 0 amide bonds. The Bertz CT molecular complexity index is 366. The first-order valence-corrected chi connectivity index (χ1v) is 6.25. The summed E-state index contributed by atoms with van der Waals surface area (Å²) in [4.78, 5) is 0. The Balaban J connectivity index is 2.24. The van der Waals surface area contributed by atoms with Gasteiger partial charge in [0, 0.05) is 13.1 Å². The second-order valence-corrected chi connectivity index (χ2v) is 4.78. The molecule has 0 aromatic heterocycles. The summed E-state index contributed by atoms with van der Waals surface area (Å²) >= 11 is 5.10. The van der Waals surface area contributed by atoms with Crippen LogP contribution in [0, 0.1) is 11.7 Å². The molecule has 4 heteroatoms. The van der Waals surface area contributed by atoms with Gasteiger partial charge in [-0.3, -0.25) is 0 Å². The summed E-state index contributed by atoms with van der Waals surface area (Å²) in [5, 5.41) is 6.81. The van der Waals surface area contributed by atoms with Gasteiger partial charge in [0.1, 0.15) is 5.82 Å². The summed E-state index contributed by atoms with van der Waals surface area (Å²) in [6, 6.07) is 6.81. The van der Waals surface area contributed by atoms with Crippen LogP contribution >= 0.6 is 12.2 Å². The monoisotopic (exact) mass is 254 g/mol. The van der Waals surface area contributed by atoms with Gasteiger partial charge >= 0.3 is 0 Å². The number of nitrogens with one attached hydrogen (secondary N) is 2. The minimum Gasteiger partial charge on any atom is -0.362 e. The highest BCUT2D eigenvalue weighted by Gasteiger charge is 2.01. The Kier molecular flexibility index (Phi) is 5.91. The minimum atomic E-state index is -0.157. The average Bonchev–Trinajstić information content (AvgIpc) is 2.29. The molecule has 1 aromatic rings. The second-order valence-electron chi connectivity index (χ2n) is 4.37. The van der Waals surface area contributed by atoms with E-state index in [-0.39, 0.29) is 5.82 Å². The molecule has 0 aliphatic carbocycles. The van der Waals surface area contributed by atoms with Crippen molar-refractivity contribution in [1.29, 1.82) is 0 Å². The van der Waals surface area contributed by atoms with Crippen LogP contribution in [-0.4, -0.2) is 18.2 Å². The van der Waals surface area contributed by atoms with E-state index >= 15 is 0 Å². The first-order valence-electron chi connectivity index (χ1n) is 5.84. The average molecular weight is 254 g/mol. The first-order chi connectivity index (χ1) is 8.09. The molecule has 2 N–H and O–H groups in total. The van der Waals surface area contributed by atoms with Crippen LogP contribution in [0.15, 0.2) is 24.3 Å². The van der Waals surface area contributed by atoms with Crippen molar-refractivity contribution >= 4 is 17.3 Å². The lowest BCUT2D eigenvalue weighted by Crippen LogP contribution is -2.38. The molecule has 1 aromatic carbocycles. The molecule has 0 atom stereocenters. The Morgan fingerprint density at radius 3 is 2.65 bits per heavy atom. The fraction of sp³-hybridized carbons (Fsp3) is 0.462. The molecule has 0 fully saturated rings. The predicted molar refractivity (Wildman–Crippen MR) is 73.5 cm³/mol. The number of thiocarbonyl (C=S) groups is 1. The molecule has 0 unspecified atom stereocenters. The molecular formula is C13H19FN2S. The van der Waals surface area contributed by atoms with Crippen molar-refractivity contribution in [1.82, 2.24) is 10.6 Å². The summed E-state index contributed by atoms with van der Waals surface area (Å²) in [6.45, 7) is 5.74. The van der Waals surface area contributed by atoms with Gasteiger partial charge in [-0.05, 0) is 36.2 Å². The predicted octanol–water partition coefficient (Wildman–Crippen LogP) is 2.49. The Morgan fingerprint density at radius 1 is 1.29 bits per heavy atom. The highest BCUT2D eigenvalue weighted by Crippen LogP contribution is 2.05. The minimum absolute atomic E-state index is 0.157. The third-order valence-corrected chi connectivity index (χ3v) is 2.60. The molecule has 2 nitrogen and oxygen atoms in total. The summed E-state index contributed by atoms with van der Waals surface area (Å²) in [7, 11) is 0. The molecule has 0 saturated carbocycles. The molecule has 0 saturated heterocycles. The zero-order valence-corrected chi connectivity index (χ0v) is 11.1. The van der Waals surface area contributed by atoms with Crippen LogP contribution in [0.4, 0.5) is 4.39 Å². The molecular weight excluding hydrogens is 235 g/mol. The Morgan fingerprint density at radius 2 is 2.00 bits per heavy atom. The van der Waals surface area contributed by atoms with Gasteiger partial charge in [-0.25, -0.2) is 4.39 Å². The van der Waals surface area contributed by atoms with E-state index in [0.29, 0.717) is 29.6 Å². The molecule has 0 radical (unpaired) electrons. The van der Waals surface area contributed by atoms with Crippen molar-refractivity contribution in [3.8, 4) is 0 Å². The quantitative estimate of drug-likeness (QED) is 0.789. The lowest BCUT2D eigenvalue weighted by molar-refractivity contribution is 0.604. The van der Waals surface area contributed by atoms with Crippen LogP contribution < -0.4 is 10.6 Å². The van der Waals surface area contributed by atoms with Crippen molar-refractivity contribution in [3.63, 3.8) is 0 Å². The van der Waals surface area contributed by atoms with Crippen molar-refractivity contribution in [2.45, 2.75) is 20.3 Å². The summed E-state index contributed by atoms with van der Waals surface area (Å²) < 4.78 is 13.3. The topological polar surface area (TPSA) is 24.1 Å². The maximum Gasteiger partial charge on any atom is 0.166 e. The summed E-state index contributed by atoms with van der Waals surface area (Å²) in [6.07, 6.45) is 0.635. The van der Waals surface area contributed by atoms with E-state index in [9.17, 15) is 4.39 Å². The van der Waals surface area contributed by atoms with Crippen molar-refractivity contribution in [2.24, 2.45) is 5.92 Å². The first kappa shape index (κ1) is 13.9. The maximum absolute atomic E-state index is 13.3. The molecule has 1 rings (SSSR count). The molecule has 0 heterocycles. The van der Waals surface area contributed by atoms with Gasteiger partial charge < -0.3 is 10.6 Å². The van der Waals surface area contributed by atoms with Crippen LogP contribution in [0.25, 0.3) is 0 Å². The van der Waals surface area contributed by atoms with Crippen molar-refractivity contribution in [2.75, 3.05) is 13.1 Å². The molecule has 0 aliphatic heterocycles. The number of halogens is 1. The lowest BCUT2D eigenvalue weighted by Gasteiger charge is -2.12. The van der Waals surface area contributed by atoms with E-state index in [0.717, 1.165) is 6.54 Å². The Labute approximate surface area is 108 Å². The highest BCUT2D eigenvalue weighted by molar-refractivity contribution is 7.80. The van der Waals surface area contributed by atoms with E-state index in [1.165, 1.54) is 6.07 Å². The fourth-order valence-electron chi connectivity index (χ4n) is 1.37. The third kappa shape index (κ3) is 5.63. The van der Waals surface area contributed by atoms with E-state index in [1.54, 1.807) is 12.1 Å². The standard InChI is InChI=1S/C13H19FN2S/c1-10(2)9-16-13(17)15-8-7-11-5-3-4-6-12(11)14/h3-6,10H,7-9H2,1-2H3,(H2,15,16,17). The van der Waals surface area contributed by atoms with E-state index < -0.39 is 0 Å². The van der Waals surface area contributed by atoms with E-state index in [1.807, 2.05) is 6.07 Å². The second kappa shape index (κ2) is 7.22. The maximum atomic E-state index is 13.3. The zero-order chi connectivity index (χ0) is 12.7.